The Labute approximate surface area is 156 Å². The van der Waals surface area contributed by atoms with E-state index >= 15 is 0 Å². The van der Waals surface area contributed by atoms with Gasteiger partial charge in [0.05, 0.1) is 6.54 Å². The van der Waals surface area contributed by atoms with Gasteiger partial charge in [0.2, 0.25) is 0 Å². The van der Waals surface area contributed by atoms with Crippen molar-refractivity contribution in [1.29, 1.82) is 0 Å². The Kier molecular flexibility index (Phi) is 5.16. The molecule has 1 aliphatic heterocycles. The van der Waals surface area contributed by atoms with E-state index in [0.29, 0.717) is 12.5 Å². The van der Waals surface area contributed by atoms with Gasteiger partial charge in [0, 0.05) is 31.1 Å². The van der Waals surface area contributed by atoms with E-state index in [1.807, 2.05) is 12.1 Å². The largest absolute Gasteiger partial charge is 0.357 e. The fourth-order valence-corrected chi connectivity index (χ4v) is 4.17. The molecule has 1 aromatic rings. The SMILES string of the molecule is CCNC(=NCC1(c2ccccc2F)CC1)NCC1CCN(C2CC2)C1. The molecular weight excluding hydrogens is 327 g/mol. The smallest absolute Gasteiger partial charge is 0.191 e. The molecule has 1 atom stereocenters. The highest BCUT2D eigenvalue weighted by molar-refractivity contribution is 5.79. The molecule has 5 heteroatoms. The first-order valence-corrected chi connectivity index (χ1v) is 10.2. The molecule has 1 aromatic carbocycles. The normalized spacial score (nSPS) is 25.3. The van der Waals surface area contributed by atoms with E-state index in [1.54, 1.807) is 12.1 Å². The first kappa shape index (κ1) is 17.8. The number of halogens is 1. The molecule has 1 saturated heterocycles. The Balaban J connectivity index is 1.33. The van der Waals surface area contributed by atoms with Crippen LogP contribution in [0.15, 0.2) is 29.3 Å². The Morgan fingerprint density at radius 2 is 2.04 bits per heavy atom. The molecule has 2 saturated carbocycles. The lowest BCUT2D eigenvalue weighted by Gasteiger charge is -2.18. The molecule has 0 radical (unpaired) electrons. The van der Waals surface area contributed by atoms with Gasteiger partial charge in [0.15, 0.2) is 5.96 Å². The zero-order valence-electron chi connectivity index (χ0n) is 15.8. The highest BCUT2D eigenvalue weighted by Gasteiger charge is 2.45. The minimum atomic E-state index is -0.0934. The molecule has 26 heavy (non-hydrogen) atoms. The van der Waals surface area contributed by atoms with Crippen LogP contribution in [0.3, 0.4) is 0 Å². The third-order valence-electron chi connectivity index (χ3n) is 6.12. The van der Waals surface area contributed by atoms with E-state index in [-0.39, 0.29) is 11.2 Å². The molecule has 0 amide bonds. The van der Waals surface area contributed by atoms with Crippen LogP contribution >= 0.6 is 0 Å². The molecular formula is C21H31FN4. The summed E-state index contributed by atoms with van der Waals surface area (Å²) in [6, 6.07) is 8.04. The first-order chi connectivity index (χ1) is 12.7. The Morgan fingerprint density at radius 1 is 1.23 bits per heavy atom. The highest BCUT2D eigenvalue weighted by atomic mass is 19.1. The summed E-state index contributed by atoms with van der Waals surface area (Å²) in [5.41, 5.74) is 0.736. The minimum absolute atomic E-state index is 0.0933. The van der Waals surface area contributed by atoms with Gasteiger partial charge in [-0.2, -0.15) is 0 Å². The average molecular weight is 359 g/mol. The maximum Gasteiger partial charge on any atom is 0.191 e. The predicted molar refractivity (Wildman–Crippen MR) is 104 cm³/mol. The standard InChI is InChI=1S/C21H31FN4/c1-2-23-20(24-13-16-9-12-26(14-16)17-7-8-17)25-15-21(10-11-21)18-5-3-4-6-19(18)22/h3-6,16-17H,2,7-15H2,1H3,(H2,23,24,25). The van der Waals surface area contributed by atoms with Crippen LogP contribution in [-0.2, 0) is 5.41 Å². The van der Waals surface area contributed by atoms with Crippen LogP contribution in [0.4, 0.5) is 4.39 Å². The first-order valence-electron chi connectivity index (χ1n) is 10.2. The fourth-order valence-electron chi connectivity index (χ4n) is 4.17. The van der Waals surface area contributed by atoms with Gasteiger partial charge in [-0.25, -0.2) is 4.39 Å². The van der Waals surface area contributed by atoms with E-state index in [2.05, 4.69) is 22.5 Å². The van der Waals surface area contributed by atoms with Gasteiger partial charge in [0.1, 0.15) is 5.82 Å². The molecule has 4 rings (SSSR count). The van der Waals surface area contributed by atoms with Gasteiger partial charge >= 0.3 is 0 Å². The van der Waals surface area contributed by atoms with E-state index in [9.17, 15) is 4.39 Å². The van der Waals surface area contributed by atoms with Gasteiger partial charge < -0.3 is 15.5 Å². The lowest BCUT2D eigenvalue weighted by molar-refractivity contribution is 0.314. The summed E-state index contributed by atoms with van der Waals surface area (Å²) < 4.78 is 14.2. The second-order valence-corrected chi connectivity index (χ2v) is 8.22. The molecule has 142 valence electrons. The second-order valence-electron chi connectivity index (χ2n) is 8.22. The third-order valence-corrected chi connectivity index (χ3v) is 6.12. The Hall–Kier alpha value is -1.62. The lowest BCUT2D eigenvalue weighted by atomic mass is 9.95. The molecule has 0 aromatic heterocycles. The maximum absolute atomic E-state index is 14.2. The average Bonchev–Trinajstić information content (AvgIpc) is 3.58. The minimum Gasteiger partial charge on any atom is -0.357 e. The highest BCUT2D eigenvalue weighted by Crippen LogP contribution is 2.49. The van der Waals surface area contributed by atoms with Gasteiger partial charge in [-0.05, 0) is 63.1 Å². The number of likely N-dealkylation sites (tertiary alicyclic amines) is 1. The summed E-state index contributed by atoms with van der Waals surface area (Å²) in [7, 11) is 0. The monoisotopic (exact) mass is 358 g/mol. The number of rotatable bonds is 7. The summed E-state index contributed by atoms with van der Waals surface area (Å²) in [4.78, 5) is 7.45. The number of nitrogens with zero attached hydrogens (tertiary/aromatic N) is 2. The number of guanidine groups is 1. The zero-order valence-corrected chi connectivity index (χ0v) is 15.8. The molecule has 1 heterocycles. The Morgan fingerprint density at radius 3 is 2.73 bits per heavy atom. The van der Waals surface area contributed by atoms with E-state index in [0.717, 1.165) is 43.5 Å². The van der Waals surface area contributed by atoms with Crippen molar-refractivity contribution in [2.45, 2.75) is 50.5 Å². The number of aliphatic imine (C=N–C) groups is 1. The summed E-state index contributed by atoms with van der Waals surface area (Å²) in [6.45, 7) is 7.03. The second kappa shape index (κ2) is 7.55. The third kappa shape index (κ3) is 4.03. The molecule has 1 unspecified atom stereocenters. The van der Waals surface area contributed by atoms with Crippen molar-refractivity contribution in [1.82, 2.24) is 15.5 Å². The van der Waals surface area contributed by atoms with Crippen molar-refractivity contribution >= 4 is 5.96 Å². The van der Waals surface area contributed by atoms with E-state index in [4.69, 9.17) is 4.99 Å². The van der Waals surface area contributed by atoms with Crippen molar-refractivity contribution in [3.8, 4) is 0 Å². The fraction of sp³-hybridized carbons (Fsp3) is 0.667. The lowest BCUT2D eigenvalue weighted by Crippen LogP contribution is -2.41. The van der Waals surface area contributed by atoms with Crippen molar-refractivity contribution in [3.63, 3.8) is 0 Å². The summed E-state index contributed by atoms with van der Waals surface area (Å²) in [5, 5.41) is 6.88. The predicted octanol–water partition coefficient (Wildman–Crippen LogP) is 2.90. The van der Waals surface area contributed by atoms with Gasteiger partial charge in [-0.15, -0.1) is 0 Å². The van der Waals surface area contributed by atoms with E-state index in [1.165, 1.54) is 32.4 Å². The zero-order chi connectivity index (χ0) is 18.0. The molecule has 3 fully saturated rings. The molecule has 3 aliphatic rings. The molecule has 0 spiro atoms. The number of benzene rings is 1. The maximum atomic E-state index is 14.2. The van der Waals surface area contributed by atoms with Crippen LogP contribution in [0.25, 0.3) is 0 Å². The van der Waals surface area contributed by atoms with Crippen molar-refractivity contribution < 1.29 is 4.39 Å². The quantitative estimate of drug-likeness (QED) is 0.582. The molecule has 0 bridgehead atoms. The van der Waals surface area contributed by atoms with Crippen molar-refractivity contribution in [2.75, 3.05) is 32.7 Å². The topological polar surface area (TPSA) is 39.7 Å². The van der Waals surface area contributed by atoms with Gasteiger partial charge in [-0.3, -0.25) is 4.99 Å². The van der Waals surface area contributed by atoms with Crippen LogP contribution in [0.2, 0.25) is 0 Å². The van der Waals surface area contributed by atoms with E-state index < -0.39 is 0 Å². The van der Waals surface area contributed by atoms with Crippen LogP contribution < -0.4 is 10.6 Å². The number of hydrogen-bond acceptors (Lipinski definition) is 2. The van der Waals surface area contributed by atoms with Crippen molar-refractivity contribution in [2.24, 2.45) is 10.9 Å². The molecule has 2 N–H and O–H groups in total. The van der Waals surface area contributed by atoms with Gasteiger partial charge in [-0.1, -0.05) is 18.2 Å². The van der Waals surface area contributed by atoms with Crippen molar-refractivity contribution in [3.05, 3.63) is 35.6 Å². The number of nitrogens with one attached hydrogen (secondary N) is 2. The molecule has 4 nitrogen and oxygen atoms in total. The van der Waals surface area contributed by atoms with Gasteiger partial charge in [0.25, 0.3) is 0 Å². The summed E-state index contributed by atoms with van der Waals surface area (Å²) in [5.74, 6) is 1.49. The van der Waals surface area contributed by atoms with Crippen LogP contribution in [0, 0.1) is 11.7 Å². The number of hydrogen-bond donors (Lipinski definition) is 2. The molecule has 2 aliphatic carbocycles. The van der Waals surface area contributed by atoms with Crippen LogP contribution in [0.1, 0.15) is 44.6 Å². The van der Waals surface area contributed by atoms with Crippen LogP contribution in [-0.4, -0.2) is 49.6 Å². The Bertz CT molecular complexity index is 651. The summed E-state index contributed by atoms with van der Waals surface area (Å²) >= 11 is 0. The van der Waals surface area contributed by atoms with Crippen LogP contribution in [0.5, 0.6) is 0 Å². The summed E-state index contributed by atoms with van der Waals surface area (Å²) in [6.07, 6.45) is 6.11.